The SMILES string of the molecule is Cc1cc(CSc2ncccc2C(=O)Nc2cc(Br)ccc2Br)no1. The zero-order chi connectivity index (χ0) is 17.8. The summed E-state index contributed by atoms with van der Waals surface area (Å²) in [6.45, 7) is 1.84. The van der Waals surface area contributed by atoms with E-state index in [1.165, 1.54) is 11.8 Å². The molecular formula is C17H13Br2N3O2S. The lowest BCUT2D eigenvalue weighted by atomic mass is 10.2. The number of nitrogens with zero attached hydrogens (tertiary/aromatic N) is 2. The zero-order valence-electron chi connectivity index (χ0n) is 13.1. The Hall–Kier alpha value is -1.64. The van der Waals surface area contributed by atoms with Crippen LogP contribution in [-0.2, 0) is 5.75 Å². The minimum Gasteiger partial charge on any atom is -0.361 e. The number of aromatic nitrogens is 2. The van der Waals surface area contributed by atoms with Crippen LogP contribution in [0.15, 0.2) is 61.1 Å². The van der Waals surface area contributed by atoms with E-state index in [4.69, 9.17) is 4.52 Å². The fourth-order valence-electron chi connectivity index (χ4n) is 2.09. The fourth-order valence-corrected chi connectivity index (χ4v) is 3.67. The van der Waals surface area contributed by atoms with Gasteiger partial charge < -0.3 is 9.84 Å². The Kier molecular flexibility index (Phi) is 5.93. The number of amides is 1. The standard InChI is InChI=1S/C17H13Br2N3O2S/c1-10-7-12(22-24-10)9-25-17-13(3-2-6-20-17)16(23)21-15-8-11(18)4-5-14(15)19/h2-8H,9H2,1H3,(H,21,23). The highest BCUT2D eigenvalue weighted by Gasteiger charge is 2.15. The number of hydrogen-bond donors (Lipinski definition) is 1. The first-order valence-electron chi connectivity index (χ1n) is 7.29. The Morgan fingerprint density at radius 1 is 1.28 bits per heavy atom. The van der Waals surface area contributed by atoms with Crippen LogP contribution in [0.25, 0.3) is 0 Å². The lowest BCUT2D eigenvalue weighted by molar-refractivity contribution is 0.102. The van der Waals surface area contributed by atoms with Crippen molar-refractivity contribution >= 4 is 55.2 Å². The summed E-state index contributed by atoms with van der Waals surface area (Å²) < 4.78 is 6.75. The number of rotatable bonds is 5. The smallest absolute Gasteiger partial charge is 0.258 e. The molecule has 0 unspecified atom stereocenters. The topological polar surface area (TPSA) is 68.0 Å². The van der Waals surface area contributed by atoms with E-state index in [-0.39, 0.29) is 5.91 Å². The molecule has 2 aromatic heterocycles. The van der Waals surface area contributed by atoms with Gasteiger partial charge in [-0.1, -0.05) is 32.8 Å². The second-order valence-corrected chi connectivity index (χ2v) is 7.89. The second kappa shape index (κ2) is 8.16. The number of anilines is 1. The predicted octanol–water partition coefficient (Wildman–Crippen LogP) is 5.45. The van der Waals surface area contributed by atoms with Crippen molar-refractivity contribution in [3.8, 4) is 0 Å². The average molecular weight is 483 g/mol. The molecule has 2 heterocycles. The van der Waals surface area contributed by atoms with Crippen molar-refractivity contribution in [1.29, 1.82) is 0 Å². The molecule has 5 nitrogen and oxygen atoms in total. The third-order valence-corrected chi connectivity index (χ3v) is 5.45. The molecule has 0 aliphatic heterocycles. The summed E-state index contributed by atoms with van der Waals surface area (Å²) in [5.74, 6) is 1.12. The Bertz CT molecular complexity index is 914. The largest absolute Gasteiger partial charge is 0.361 e. The van der Waals surface area contributed by atoms with Gasteiger partial charge in [0.05, 0.1) is 16.9 Å². The quantitative estimate of drug-likeness (QED) is 0.490. The second-order valence-electron chi connectivity index (χ2n) is 5.15. The molecule has 0 fully saturated rings. The first-order chi connectivity index (χ1) is 12.0. The Morgan fingerprint density at radius 2 is 2.12 bits per heavy atom. The third kappa shape index (κ3) is 4.71. The van der Waals surface area contributed by atoms with Crippen molar-refractivity contribution in [1.82, 2.24) is 10.1 Å². The number of thioether (sulfide) groups is 1. The van der Waals surface area contributed by atoms with Gasteiger partial charge in [-0.2, -0.15) is 0 Å². The first kappa shape index (κ1) is 18.2. The van der Waals surface area contributed by atoms with Crippen LogP contribution in [-0.4, -0.2) is 16.0 Å². The fraction of sp³-hybridized carbons (Fsp3) is 0.118. The van der Waals surface area contributed by atoms with E-state index in [2.05, 4.69) is 47.3 Å². The number of benzene rings is 1. The van der Waals surface area contributed by atoms with Gasteiger partial charge in [-0.3, -0.25) is 4.79 Å². The summed E-state index contributed by atoms with van der Waals surface area (Å²) >= 11 is 8.29. The van der Waals surface area contributed by atoms with Crippen LogP contribution >= 0.6 is 43.6 Å². The summed E-state index contributed by atoms with van der Waals surface area (Å²) in [5, 5.41) is 7.51. The highest BCUT2D eigenvalue weighted by atomic mass is 79.9. The molecule has 1 amide bonds. The maximum absolute atomic E-state index is 12.7. The summed E-state index contributed by atoms with van der Waals surface area (Å²) in [4.78, 5) is 17.0. The van der Waals surface area contributed by atoms with E-state index in [1.807, 2.05) is 31.2 Å². The lowest BCUT2D eigenvalue weighted by Gasteiger charge is -2.10. The van der Waals surface area contributed by atoms with Crippen molar-refractivity contribution in [2.24, 2.45) is 0 Å². The highest BCUT2D eigenvalue weighted by molar-refractivity contribution is 9.11. The summed E-state index contributed by atoms with van der Waals surface area (Å²) in [6, 6.07) is 11.0. The monoisotopic (exact) mass is 481 g/mol. The predicted molar refractivity (Wildman–Crippen MR) is 105 cm³/mol. The van der Waals surface area contributed by atoms with E-state index in [0.717, 1.165) is 20.4 Å². The van der Waals surface area contributed by atoms with Crippen molar-refractivity contribution in [3.63, 3.8) is 0 Å². The number of pyridine rings is 1. The number of carbonyl (C=O) groups is 1. The number of carbonyl (C=O) groups excluding carboxylic acids is 1. The Balaban J connectivity index is 1.77. The summed E-state index contributed by atoms with van der Waals surface area (Å²) in [7, 11) is 0. The zero-order valence-corrected chi connectivity index (χ0v) is 17.1. The molecule has 1 aromatic carbocycles. The van der Waals surface area contributed by atoms with Crippen molar-refractivity contribution in [3.05, 3.63) is 68.6 Å². The van der Waals surface area contributed by atoms with Gasteiger partial charge in [0, 0.05) is 27.0 Å². The number of aryl methyl sites for hydroxylation is 1. The molecule has 0 aliphatic carbocycles. The Labute approximate surface area is 165 Å². The number of halogens is 2. The van der Waals surface area contributed by atoms with Gasteiger partial charge in [-0.05, 0) is 53.2 Å². The van der Waals surface area contributed by atoms with Gasteiger partial charge in [0.15, 0.2) is 0 Å². The van der Waals surface area contributed by atoms with E-state index < -0.39 is 0 Å². The number of nitrogens with one attached hydrogen (secondary N) is 1. The molecule has 0 saturated heterocycles. The highest BCUT2D eigenvalue weighted by Crippen LogP contribution is 2.28. The van der Waals surface area contributed by atoms with Crippen LogP contribution in [0, 0.1) is 6.92 Å². The summed E-state index contributed by atoms with van der Waals surface area (Å²) in [6.07, 6.45) is 1.67. The molecule has 0 bridgehead atoms. The van der Waals surface area contributed by atoms with E-state index in [1.54, 1.807) is 18.3 Å². The first-order valence-corrected chi connectivity index (χ1v) is 9.86. The molecule has 8 heteroatoms. The van der Waals surface area contributed by atoms with Crippen LogP contribution in [0.2, 0.25) is 0 Å². The molecule has 128 valence electrons. The van der Waals surface area contributed by atoms with Gasteiger partial charge >= 0.3 is 0 Å². The molecule has 0 aliphatic rings. The van der Waals surface area contributed by atoms with Gasteiger partial charge in [0.2, 0.25) is 0 Å². The lowest BCUT2D eigenvalue weighted by Crippen LogP contribution is -2.14. The normalized spacial score (nSPS) is 10.7. The molecule has 1 N–H and O–H groups in total. The molecule has 0 spiro atoms. The molecular weight excluding hydrogens is 470 g/mol. The molecule has 0 radical (unpaired) electrons. The van der Waals surface area contributed by atoms with Crippen molar-refractivity contribution in [2.45, 2.75) is 17.7 Å². The molecule has 25 heavy (non-hydrogen) atoms. The van der Waals surface area contributed by atoms with Crippen molar-refractivity contribution in [2.75, 3.05) is 5.32 Å². The molecule has 3 rings (SSSR count). The Morgan fingerprint density at radius 3 is 2.88 bits per heavy atom. The molecule has 0 atom stereocenters. The third-order valence-electron chi connectivity index (χ3n) is 3.23. The molecule has 0 saturated carbocycles. The minimum absolute atomic E-state index is 0.217. The van der Waals surface area contributed by atoms with Gasteiger partial charge in [-0.15, -0.1) is 0 Å². The van der Waals surface area contributed by atoms with Gasteiger partial charge in [0.25, 0.3) is 5.91 Å². The minimum atomic E-state index is -0.217. The van der Waals surface area contributed by atoms with Crippen LogP contribution in [0.5, 0.6) is 0 Å². The van der Waals surface area contributed by atoms with Gasteiger partial charge in [0.1, 0.15) is 10.8 Å². The number of hydrogen-bond acceptors (Lipinski definition) is 5. The maximum atomic E-state index is 12.7. The van der Waals surface area contributed by atoms with E-state index in [9.17, 15) is 4.79 Å². The van der Waals surface area contributed by atoms with E-state index in [0.29, 0.717) is 22.0 Å². The van der Waals surface area contributed by atoms with Crippen LogP contribution in [0.1, 0.15) is 21.8 Å². The van der Waals surface area contributed by atoms with E-state index >= 15 is 0 Å². The van der Waals surface area contributed by atoms with Crippen molar-refractivity contribution < 1.29 is 9.32 Å². The van der Waals surface area contributed by atoms with Crippen LogP contribution in [0.4, 0.5) is 5.69 Å². The molecule has 3 aromatic rings. The van der Waals surface area contributed by atoms with Crippen LogP contribution in [0.3, 0.4) is 0 Å². The maximum Gasteiger partial charge on any atom is 0.258 e. The average Bonchev–Trinajstić information content (AvgIpc) is 3.02. The van der Waals surface area contributed by atoms with Gasteiger partial charge in [-0.25, -0.2) is 4.98 Å². The summed E-state index contributed by atoms with van der Waals surface area (Å²) in [5.41, 5.74) is 2.01. The van der Waals surface area contributed by atoms with Crippen LogP contribution < -0.4 is 5.32 Å².